The summed E-state index contributed by atoms with van der Waals surface area (Å²) in [5, 5.41) is 6.22. The Morgan fingerprint density at radius 1 is 1.36 bits per heavy atom. The van der Waals surface area contributed by atoms with Gasteiger partial charge in [0, 0.05) is 18.5 Å². The average Bonchev–Trinajstić information content (AvgIpc) is 2.48. The standard InChI is InChI=1S/C16H21F3N2O/c1-11(15(22)21-14-3-2-8-20-10-14)9-12-4-6-13(7-5-12)16(17,18)19/h4-7,11,14,20H,2-3,8-10H2,1H3,(H,21,22). The molecule has 2 rings (SSSR count). The zero-order valence-corrected chi connectivity index (χ0v) is 12.5. The van der Waals surface area contributed by atoms with E-state index >= 15 is 0 Å². The quantitative estimate of drug-likeness (QED) is 0.897. The maximum Gasteiger partial charge on any atom is 0.416 e. The number of nitrogens with one attached hydrogen (secondary N) is 2. The molecule has 1 saturated heterocycles. The molecule has 0 bridgehead atoms. The predicted molar refractivity (Wildman–Crippen MR) is 78.3 cm³/mol. The van der Waals surface area contributed by atoms with E-state index in [2.05, 4.69) is 10.6 Å². The molecule has 122 valence electrons. The van der Waals surface area contributed by atoms with Crippen LogP contribution in [0.2, 0.25) is 0 Å². The van der Waals surface area contributed by atoms with E-state index in [1.807, 2.05) is 0 Å². The Bertz CT molecular complexity index is 493. The van der Waals surface area contributed by atoms with Gasteiger partial charge in [0.1, 0.15) is 0 Å². The molecule has 1 aliphatic rings. The highest BCUT2D eigenvalue weighted by molar-refractivity contribution is 5.78. The summed E-state index contributed by atoms with van der Waals surface area (Å²) < 4.78 is 37.5. The van der Waals surface area contributed by atoms with E-state index in [0.717, 1.165) is 43.6 Å². The highest BCUT2D eigenvalue weighted by Gasteiger charge is 2.30. The van der Waals surface area contributed by atoms with Crippen LogP contribution in [0.3, 0.4) is 0 Å². The SMILES string of the molecule is CC(Cc1ccc(C(F)(F)F)cc1)C(=O)NC1CCCNC1. The topological polar surface area (TPSA) is 41.1 Å². The van der Waals surface area contributed by atoms with Crippen molar-refractivity contribution < 1.29 is 18.0 Å². The molecule has 1 fully saturated rings. The third-order valence-corrected chi connectivity index (χ3v) is 3.91. The van der Waals surface area contributed by atoms with E-state index in [9.17, 15) is 18.0 Å². The van der Waals surface area contributed by atoms with Crippen molar-refractivity contribution in [1.29, 1.82) is 0 Å². The fourth-order valence-corrected chi connectivity index (χ4v) is 2.59. The lowest BCUT2D eigenvalue weighted by Gasteiger charge is -2.25. The zero-order valence-electron chi connectivity index (χ0n) is 12.5. The molecule has 1 aromatic rings. The third-order valence-electron chi connectivity index (χ3n) is 3.91. The summed E-state index contributed by atoms with van der Waals surface area (Å²) in [6.45, 7) is 3.55. The molecule has 22 heavy (non-hydrogen) atoms. The maximum absolute atomic E-state index is 12.5. The second kappa shape index (κ2) is 7.13. The number of rotatable bonds is 4. The minimum Gasteiger partial charge on any atom is -0.352 e. The van der Waals surface area contributed by atoms with Gasteiger partial charge in [-0.05, 0) is 43.5 Å². The van der Waals surface area contributed by atoms with Gasteiger partial charge < -0.3 is 10.6 Å². The smallest absolute Gasteiger partial charge is 0.352 e. The molecule has 0 radical (unpaired) electrons. The van der Waals surface area contributed by atoms with Crippen molar-refractivity contribution in [2.45, 2.75) is 38.4 Å². The van der Waals surface area contributed by atoms with Gasteiger partial charge in [0.2, 0.25) is 5.91 Å². The summed E-state index contributed by atoms with van der Waals surface area (Å²) in [5.41, 5.74) is 0.0686. The average molecular weight is 314 g/mol. The molecule has 2 atom stereocenters. The van der Waals surface area contributed by atoms with Crippen molar-refractivity contribution >= 4 is 5.91 Å². The van der Waals surface area contributed by atoms with E-state index < -0.39 is 11.7 Å². The molecule has 3 nitrogen and oxygen atoms in total. The van der Waals surface area contributed by atoms with Crippen LogP contribution in [-0.2, 0) is 17.4 Å². The van der Waals surface area contributed by atoms with E-state index in [4.69, 9.17) is 0 Å². The van der Waals surface area contributed by atoms with Crippen molar-refractivity contribution in [2.24, 2.45) is 5.92 Å². The maximum atomic E-state index is 12.5. The van der Waals surface area contributed by atoms with Gasteiger partial charge in [-0.3, -0.25) is 4.79 Å². The van der Waals surface area contributed by atoms with Gasteiger partial charge in [-0.25, -0.2) is 0 Å². The number of halogens is 3. The normalized spacial score (nSPS) is 20.5. The molecule has 1 amide bonds. The van der Waals surface area contributed by atoms with Crippen LogP contribution in [0.25, 0.3) is 0 Å². The van der Waals surface area contributed by atoms with Crippen LogP contribution < -0.4 is 10.6 Å². The van der Waals surface area contributed by atoms with Gasteiger partial charge in [0.05, 0.1) is 5.56 Å². The molecule has 2 N–H and O–H groups in total. The molecular formula is C16H21F3N2O. The fourth-order valence-electron chi connectivity index (χ4n) is 2.59. The Morgan fingerprint density at radius 3 is 2.59 bits per heavy atom. The van der Waals surface area contributed by atoms with Crippen molar-refractivity contribution in [3.63, 3.8) is 0 Å². The fraction of sp³-hybridized carbons (Fsp3) is 0.562. The van der Waals surface area contributed by atoms with Gasteiger partial charge in [0.25, 0.3) is 0 Å². The lowest BCUT2D eigenvalue weighted by molar-refractivity contribution is -0.137. The Morgan fingerprint density at radius 2 is 2.05 bits per heavy atom. The van der Waals surface area contributed by atoms with Crippen LogP contribution in [0, 0.1) is 5.92 Å². The number of carbonyl (C=O) groups excluding carboxylic acids is 1. The lowest BCUT2D eigenvalue weighted by Crippen LogP contribution is -2.47. The number of alkyl halides is 3. The van der Waals surface area contributed by atoms with Crippen molar-refractivity contribution in [1.82, 2.24) is 10.6 Å². The second-order valence-corrected chi connectivity index (χ2v) is 5.85. The Kier molecular flexibility index (Phi) is 5.45. The van der Waals surface area contributed by atoms with Gasteiger partial charge in [-0.15, -0.1) is 0 Å². The van der Waals surface area contributed by atoms with Gasteiger partial charge >= 0.3 is 6.18 Å². The van der Waals surface area contributed by atoms with Crippen LogP contribution in [0.15, 0.2) is 24.3 Å². The largest absolute Gasteiger partial charge is 0.416 e. The molecule has 1 heterocycles. The molecule has 1 aromatic carbocycles. The number of amides is 1. The summed E-state index contributed by atoms with van der Waals surface area (Å²) in [5.74, 6) is -0.313. The second-order valence-electron chi connectivity index (χ2n) is 5.85. The monoisotopic (exact) mass is 314 g/mol. The number of carbonyl (C=O) groups is 1. The van der Waals surface area contributed by atoms with E-state index in [-0.39, 0.29) is 17.9 Å². The molecule has 2 unspecified atom stereocenters. The molecule has 6 heteroatoms. The number of hydrogen-bond acceptors (Lipinski definition) is 2. The molecule has 0 saturated carbocycles. The molecule has 0 aromatic heterocycles. The first kappa shape index (κ1) is 16.8. The Labute approximate surface area is 128 Å². The van der Waals surface area contributed by atoms with Crippen molar-refractivity contribution in [3.8, 4) is 0 Å². The van der Waals surface area contributed by atoms with Crippen LogP contribution in [0.1, 0.15) is 30.9 Å². The number of piperidine rings is 1. The van der Waals surface area contributed by atoms with E-state index in [1.54, 1.807) is 6.92 Å². The summed E-state index contributed by atoms with van der Waals surface area (Å²) in [6, 6.07) is 5.15. The lowest BCUT2D eigenvalue weighted by atomic mass is 9.98. The third kappa shape index (κ3) is 4.73. The van der Waals surface area contributed by atoms with Crippen molar-refractivity contribution in [2.75, 3.05) is 13.1 Å². The predicted octanol–water partition coefficient (Wildman–Crippen LogP) is 2.75. The van der Waals surface area contributed by atoms with Crippen LogP contribution in [0.5, 0.6) is 0 Å². The minimum atomic E-state index is -4.32. The van der Waals surface area contributed by atoms with E-state index in [0.29, 0.717) is 6.42 Å². The Hall–Kier alpha value is -1.56. The summed E-state index contributed by atoms with van der Waals surface area (Å²) in [4.78, 5) is 12.1. The number of benzene rings is 1. The van der Waals surface area contributed by atoms with Crippen LogP contribution in [-0.4, -0.2) is 25.0 Å². The molecule has 0 aliphatic carbocycles. The van der Waals surface area contributed by atoms with Crippen LogP contribution >= 0.6 is 0 Å². The van der Waals surface area contributed by atoms with Gasteiger partial charge in [-0.2, -0.15) is 13.2 Å². The van der Waals surface area contributed by atoms with Crippen molar-refractivity contribution in [3.05, 3.63) is 35.4 Å². The summed E-state index contributed by atoms with van der Waals surface area (Å²) in [6.07, 6.45) is -1.89. The first-order chi connectivity index (χ1) is 10.4. The van der Waals surface area contributed by atoms with Gasteiger partial charge in [0.15, 0.2) is 0 Å². The molecule has 0 spiro atoms. The number of hydrogen-bond donors (Lipinski definition) is 2. The Balaban J connectivity index is 1.87. The minimum absolute atomic E-state index is 0.0476. The van der Waals surface area contributed by atoms with Gasteiger partial charge in [-0.1, -0.05) is 19.1 Å². The molecule has 1 aliphatic heterocycles. The van der Waals surface area contributed by atoms with E-state index in [1.165, 1.54) is 12.1 Å². The summed E-state index contributed by atoms with van der Waals surface area (Å²) >= 11 is 0. The first-order valence-electron chi connectivity index (χ1n) is 7.53. The highest BCUT2D eigenvalue weighted by Crippen LogP contribution is 2.29. The zero-order chi connectivity index (χ0) is 16.2. The summed E-state index contributed by atoms with van der Waals surface area (Å²) in [7, 11) is 0. The van der Waals surface area contributed by atoms with Crippen LogP contribution in [0.4, 0.5) is 13.2 Å². The highest BCUT2D eigenvalue weighted by atomic mass is 19.4. The molecular weight excluding hydrogens is 293 g/mol. The first-order valence-corrected chi connectivity index (χ1v) is 7.53.